The molecule has 1 aromatic heterocycles. The fraction of sp³-hybridized carbons (Fsp3) is 0.818. The first-order valence-corrected chi connectivity index (χ1v) is 7.78. The quantitative estimate of drug-likeness (QED) is 0.582. The topological polar surface area (TPSA) is 41.1 Å². The van der Waals surface area contributed by atoms with Crippen molar-refractivity contribution in [2.24, 2.45) is 0 Å². The van der Waals surface area contributed by atoms with Crippen molar-refractivity contribution in [1.29, 1.82) is 0 Å². The van der Waals surface area contributed by atoms with Gasteiger partial charge in [0.2, 0.25) is 5.13 Å². The average Bonchev–Trinajstić information content (AvgIpc) is 2.78. The van der Waals surface area contributed by atoms with Crippen LogP contribution in [0.1, 0.15) is 26.2 Å². The standard InChI is InChI=1S/C11H22N4S2/c1-5-9(12-2)7-6-8-16-11-14-13-10(17-11)15(3)4/h9,12H,5-8H2,1-4H3. The molecule has 0 saturated carbocycles. The van der Waals surface area contributed by atoms with E-state index in [1.54, 1.807) is 11.3 Å². The number of rotatable bonds is 8. The fourth-order valence-corrected chi connectivity index (χ4v) is 3.28. The van der Waals surface area contributed by atoms with Gasteiger partial charge in [0, 0.05) is 25.9 Å². The van der Waals surface area contributed by atoms with Gasteiger partial charge in [-0.25, -0.2) is 0 Å². The van der Waals surface area contributed by atoms with Crippen LogP contribution in [0.4, 0.5) is 5.13 Å². The zero-order valence-electron chi connectivity index (χ0n) is 11.1. The summed E-state index contributed by atoms with van der Waals surface area (Å²) in [5.74, 6) is 1.13. The lowest BCUT2D eigenvalue weighted by molar-refractivity contribution is 0.504. The van der Waals surface area contributed by atoms with Crippen LogP contribution >= 0.6 is 23.1 Å². The van der Waals surface area contributed by atoms with Gasteiger partial charge < -0.3 is 10.2 Å². The second kappa shape index (κ2) is 7.89. The molecule has 0 aromatic carbocycles. The van der Waals surface area contributed by atoms with Crippen molar-refractivity contribution in [1.82, 2.24) is 15.5 Å². The number of hydrogen-bond acceptors (Lipinski definition) is 6. The van der Waals surface area contributed by atoms with Crippen molar-refractivity contribution < 1.29 is 0 Å². The molecule has 1 atom stereocenters. The maximum Gasteiger partial charge on any atom is 0.208 e. The highest BCUT2D eigenvalue weighted by Gasteiger charge is 2.07. The minimum absolute atomic E-state index is 0.655. The summed E-state index contributed by atoms with van der Waals surface area (Å²) in [6.45, 7) is 2.22. The molecule has 0 radical (unpaired) electrons. The Labute approximate surface area is 112 Å². The predicted molar refractivity (Wildman–Crippen MR) is 77.3 cm³/mol. The van der Waals surface area contributed by atoms with Gasteiger partial charge in [0.15, 0.2) is 4.34 Å². The Kier molecular flexibility index (Phi) is 6.84. The summed E-state index contributed by atoms with van der Waals surface area (Å²) in [5, 5.41) is 12.6. The molecule has 0 saturated heterocycles. The molecular formula is C11H22N4S2. The van der Waals surface area contributed by atoms with Crippen molar-refractivity contribution in [3.8, 4) is 0 Å². The fourth-order valence-electron chi connectivity index (χ4n) is 1.48. The Morgan fingerprint density at radius 1 is 1.41 bits per heavy atom. The molecule has 98 valence electrons. The largest absolute Gasteiger partial charge is 0.353 e. The van der Waals surface area contributed by atoms with Crippen LogP contribution in [0.5, 0.6) is 0 Å². The molecule has 1 N–H and O–H groups in total. The van der Waals surface area contributed by atoms with Crippen LogP contribution in [0.25, 0.3) is 0 Å². The number of thioether (sulfide) groups is 1. The molecule has 1 rings (SSSR count). The van der Waals surface area contributed by atoms with Gasteiger partial charge in [0.05, 0.1) is 0 Å². The lowest BCUT2D eigenvalue weighted by atomic mass is 10.1. The van der Waals surface area contributed by atoms with E-state index in [2.05, 4.69) is 22.4 Å². The van der Waals surface area contributed by atoms with Crippen molar-refractivity contribution in [3.05, 3.63) is 0 Å². The summed E-state index contributed by atoms with van der Waals surface area (Å²) in [5.41, 5.74) is 0. The van der Waals surface area contributed by atoms with Crippen LogP contribution in [0, 0.1) is 0 Å². The SMILES string of the molecule is CCC(CCCSc1nnc(N(C)C)s1)NC. The van der Waals surface area contributed by atoms with Crippen LogP contribution in [-0.4, -0.2) is 43.1 Å². The normalized spacial score (nSPS) is 12.7. The van der Waals surface area contributed by atoms with Crippen molar-refractivity contribution in [3.63, 3.8) is 0 Å². The monoisotopic (exact) mass is 274 g/mol. The Hall–Kier alpha value is -0.330. The smallest absolute Gasteiger partial charge is 0.208 e. The van der Waals surface area contributed by atoms with Crippen LogP contribution in [0.15, 0.2) is 4.34 Å². The Balaban J connectivity index is 2.21. The third kappa shape index (κ3) is 5.23. The minimum atomic E-state index is 0.655. The Bertz CT molecular complexity index is 310. The highest BCUT2D eigenvalue weighted by atomic mass is 32.2. The van der Waals surface area contributed by atoms with Gasteiger partial charge in [-0.15, -0.1) is 10.2 Å². The summed E-state index contributed by atoms with van der Waals surface area (Å²) in [4.78, 5) is 2.00. The first-order chi connectivity index (χ1) is 8.17. The maximum atomic E-state index is 4.17. The van der Waals surface area contributed by atoms with Crippen molar-refractivity contribution in [2.45, 2.75) is 36.6 Å². The van der Waals surface area contributed by atoms with Crippen LogP contribution in [0.2, 0.25) is 0 Å². The van der Waals surface area contributed by atoms with E-state index in [9.17, 15) is 0 Å². The number of hydrogen-bond donors (Lipinski definition) is 1. The second-order valence-electron chi connectivity index (χ2n) is 4.13. The van der Waals surface area contributed by atoms with E-state index in [4.69, 9.17) is 0 Å². The number of nitrogens with one attached hydrogen (secondary N) is 1. The van der Waals surface area contributed by atoms with E-state index in [0.29, 0.717) is 6.04 Å². The first kappa shape index (κ1) is 14.7. The third-order valence-electron chi connectivity index (χ3n) is 2.60. The number of aromatic nitrogens is 2. The third-order valence-corrected chi connectivity index (χ3v) is 4.91. The zero-order valence-corrected chi connectivity index (χ0v) is 12.7. The molecular weight excluding hydrogens is 252 g/mol. The van der Waals surface area contributed by atoms with Crippen LogP contribution in [-0.2, 0) is 0 Å². The lowest BCUT2D eigenvalue weighted by Gasteiger charge is -2.12. The molecule has 4 nitrogen and oxygen atoms in total. The zero-order chi connectivity index (χ0) is 12.7. The lowest BCUT2D eigenvalue weighted by Crippen LogP contribution is -2.23. The molecule has 0 aliphatic rings. The van der Waals surface area contributed by atoms with E-state index in [1.165, 1.54) is 19.3 Å². The van der Waals surface area contributed by atoms with E-state index < -0.39 is 0 Å². The molecule has 0 amide bonds. The number of nitrogens with zero attached hydrogens (tertiary/aromatic N) is 3. The van der Waals surface area contributed by atoms with Gasteiger partial charge in [0.1, 0.15) is 0 Å². The average molecular weight is 274 g/mol. The molecule has 1 unspecified atom stereocenters. The van der Waals surface area contributed by atoms with E-state index in [1.807, 2.05) is 37.8 Å². The summed E-state index contributed by atoms with van der Waals surface area (Å²) < 4.78 is 1.08. The summed E-state index contributed by atoms with van der Waals surface area (Å²) >= 11 is 3.47. The van der Waals surface area contributed by atoms with Gasteiger partial charge in [-0.05, 0) is 26.3 Å². The van der Waals surface area contributed by atoms with Crippen molar-refractivity contribution in [2.75, 3.05) is 31.8 Å². The van der Waals surface area contributed by atoms with Crippen LogP contribution < -0.4 is 10.2 Å². The molecule has 0 spiro atoms. The minimum Gasteiger partial charge on any atom is -0.353 e. The predicted octanol–water partition coefficient (Wildman–Crippen LogP) is 2.47. The van der Waals surface area contributed by atoms with Gasteiger partial charge in [-0.2, -0.15) is 0 Å². The molecule has 1 aromatic rings. The van der Waals surface area contributed by atoms with Crippen LogP contribution in [0.3, 0.4) is 0 Å². The van der Waals surface area contributed by atoms with Crippen molar-refractivity contribution >= 4 is 28.2 Å². The van der Waals surface area contributed by atoms with Gasteiger partial charge in [-0.3, -0.25) is 0 Å². The van der Waals surface area contributed by atoms with Gasteiger partial charge >= 0.3 is 0 Å². The molecule has 1 heterocycles. The molecule has 6 heteroatoms. The van der Waals surface area contributed by atoms with E-state index in [0.717, 1.165) is 15.2 Å². The molecule has 0 aliphatic heterocycles. The molecule has 0 aliphatic carbocycles. The summed E-state index contributed by atoms with van der Waals surface area (Å²) in [7, 11) is 6.02. The Morgan fingerprint density at radius 3 is 2.71 bits per heavy atom. The molecule has 0 bridgehead atoms. The summed E-state index contributed by atoms with van der Waals surface area (Å²) in [6, 6.07) is 0.655. The second-order valence-corrected chi connectivity index (χ2v) is 6.43. The highest BCUT2D eigenvalue weighted by Crippen LogP contribution is 2.27. The summed E-state index contributed by atoms with van der Waals surface area (Å²) in [6.07, 6.45) is 3.66. The van der Waals surface area contributed by atoms with E-state index >= 15 is 0 Å². The van der Waals surface area contributed by atoms with Gasteiger partial charge in [-0.1, -0.05) is 30.0 Å². The highest BCUT2D eigenvalue weighted by molar-refractivity contribution is 8.01. The van der Waals surface area contributed by atoms with E-state index in [-0.39, 0.29) is 0 Å². The maximum absolute atomic E-state index is 4.17. The molecule has 0 fully saturated rings. The first-order valence-electron chi connectivity index (χ1n) is 5.98. The molecule has 17 heavy (non-hydrogen) atoms. The Morgan fingerprint density at radius 2 is 2.18 bits per heavy atom. The van der Waals surface area contributed by atoms with Gasteiger partial charge in [0.25, 0.3) is 0 Å². The number of anilines is 1.